The van der Waals surface area contributed by atoms with Crippen molar-refractivity contribution < 1.29 is 23.9 Å². The first-order valence-corrected chi connectivity index (χ1v) is 14.0. The minimum atomic E-state index is -0.541. The van der Waals surface area contributed by atoms with Crippen molar-refractivity contribution in [1.29, 1.82) is 0 Å². The highest BCUT2D eigenvalue weighted by Crippen LogP contribution is 2.28. The van der Waals surface area contributed by atoms with E-state index in [2.05, 4.69) is 16.0 Å². The Morgan fingerprint density at radius 2 is 1.45 bits per heavy atom. The van der Waals surface area contributed by atoms with E-state index in [-0.39, 0.29) is 11.6 Å². The molecule has 4 aromatic carbocycles. The van der Waals surface area contributed by atoms with Gasteiger partial charge in [-0.1, -0.05) is 42.5 Å². The molecule has 0 saturated carbocycles. The largest absolute Gasteiger partial charge is 0.497 e. The number of para-hydroxylation sites is 1. The third-order valence-electron chi connectivity index (χ3n) is 6.08. The molecule has 0 aromatic heterocycles. The maximum Gasteiger partial charge on any atom is 0.272 e. The van der Waals surface area contributed by atoms with Crippen LogP contribution in [-0.2, 0) is 9.59 Å². The quantitative estimate of drug-likeness (QED) is 0.143. The first kappa shape index (κ1) is 30.0. The monoisotopic (exact) mass is 581 g/mol. The maximum atomic E-state index is 13.5. The molecule has 0 saturated heterocycles. The Bertz CT molecular complexity index is 1580. The molecule has 0 aliphatic carbocycles. The molecule has 4 aromatic rings. The number of benzene rings is 4. The highest BCUT2D eigenvalue weighted by molar-refractivity contribution is 8.00. The minimum Gasteiger partial charge on any atom is -0.497 e. The Labute approximate surface area is 249 Å². The van der Waals surface area contributed by atoms with Crippen LogP contribution in [0.3, 0.4) is 0 Å². The lowest BCUT2D eigenvalue weighted by atomic mass is 10.1. The molecule has 42 heavy (non-hydrogen) atoms. The lowest BCUT2D eigenvalue weighted by molar-refractivity contribution is -0.115. The molecule has 1 unspecified atom stereocenters. The fraction of sp³-hybridized carbons (Fsp3) is 0.121. The van der Waals surface area contributed by atoms with E-state index in [0.29, 0.717) is 28.3 Å². The fourth-order valence-electron chi connectivity index (χ4n) is 3.92. The van der Waals surface area contributed by atoms with Gasteiger partial charge >= 0.3 is 0 Å². The zero-order valence-corrected chi connectivity index (χ0v) is 24.2. The van der Waals surface area contributed by atoms with E-state index in [1.54, 1.807) is 66.7 Å². The van der Waals surface area contributed by atoms with E-state index >= 15 is 0 Å². The molecule has 214 valence electrons. The van der Waals surface area contributed by atoms with E-state index in [9.17, 15) is 14.4 Å². The number of methoxy groups -OCH3 is 2. The number of amides is 3. The summed E-state index contributed by atoms with van der Waals surface area (Å²) in [7, 11) is 3.06. The van der Waals surface area contributed by atoms with Gasteiger partial charge < -0.3 is 25.4 Å². The number of nitrogens with one attached hydrogen (secondary N) is 3. The zero-order chi connectivity index (χ0) is 29.9. The SMILES string of the molecule is COc1ccc(OC)c(/C=C(/NC(=O)c2ccccc2)C(=O)Nc2cccc(SC(C)C(=O)Nc3ccccc3)c2)c1. The molecule has 3 N–H and O–H groups in total. The minimum absolute atomic E-state index is 0.00377. The summed E-state index contributed by atoms with van der Waals surface area (Å²) in [6.45, 7) is 1.82. The first-order valence-electron chi connectivity index (χ1n) is 13.1. The van der Waals surface area contributed by atoms with Crippen LogP contribution in [0.25, 0.3) is 6.08 Å². The summed E-state index contributed by atoms with van der Waals surface area (Å²) in [5, 5.41) is 8.10. The zero-order valence-electron chi connectivity index (χ0n) is 23.4. The summed E-state index contributed by atoms with van der Waals surface area (Å²) >= 11 is 1.36. The fourth-order valence-corrected chi connectivity index (χ4v) is 4.85. The van der Waals surface area contributed by atoms with Crippen molar-refractivity contribution in [2.75, 3.05) is 24.9 Å². The van der Waals surface area contributed by atoms with Crippen LogP contribution in [0.2, 0.25) is 0 Å². The molecule has 0 spiro atoms. The molecule has 4 rings (SSSR count). The molecule has 3 amide bonds. The van der Waals surface area contributed by atoms with E-state index in [1.807, 2.05) is 43.3 Å². The summed E-state index contributed by atoms with van der Waals surface area (Å²) in [6.07, 6.45) is 1.53. The van der Waals surface area contributed by atoms with Crippen molar-refractivity contribution in [3.05, 3.63) is 120 Å². The number of hydrogen-bond acceptors (Lipinski definition) is 6. The Balaban J connectivity index is 1.55. The summed E-state index contributed by atoms with van der Waals surface area (Å²) < 4.78 is 10.8. The number of anilines is 2. The second kappa shape index (κ2) is 14.6. The highest BCUT2D eigenvalue weighted by atomic mass is 32.2. The molecule has 9 heteroatoms. The van der Waals surface area contributed by atoms with E-state index in [4.69, 9.17) is 9.47 Å². The Morgan fingerprint density at radius 1 is 0.762 bits per heavy atom. The van der Waals surface area contributed by atoms with Crippen LogP contribution < -0.4 is 25.4 Å². The Hall–Kier alpha value is -5.02. The van der Waals surface area contributed by atoms with Gasteiger partial charge in [-0.05, 0) is 73.7 Å². The van der Waals surface area contributed by atoms with Crippen LogP contribution in [0.5, 0.6) is 11.5 Å². The van der Waals surface area contributed by atoms with Crippen LogP contribution in [0, 0.1) is 0 Å². The van der Waals surface area contributed by atoms with E-state index < -0.39 is 17.1 Å². The number of carbonyl (C=O) groups excluding carboxylic acids is 3. The van der Waals surface area contributed by atoms with E-state index in [1.165, 1.54) is 32.1 Å². The number of thioether (sulfide) groups is 1. The second-order valence-electron chi connectivity index (χ2n) is 9.08. The molecule has 0 radical (unpaired) electrons. The van der Waals surface area contributed by atoms with Gasteiger partial charge in [-0.2, -0.15) is 0 Å². The first-order chi connectivity index (χ1) is 20.4. The van der Waals surface area contributed by atoms with Crippen molar-refractivity contribution >= 4 is 46.9 Å². The number of ether oxygens (including phenoxy) is 2. The van der Waals surface area contributed by atoms with Gasteiger partial charge in [-0.15, -0.1) is 11.8 Å². The van der Waals surface area contributed by atoms with Gasteiger partial charge in [0.05, 0.1) is 19.5 Å². The molecular formula is C33H31N3O5S. The number of carbonyl (C=O) groups is 3. The van der Waals surface area contributed by atoms with Crippen molar-refractivity contribution in [3.63, 3.8) is 0 Å². The molecule has 0 fully saturated rings. The van der Waals surface area contributed by atoms with Crippen LogP contribution >= 0.6 is 11.8 Å². The molecule has 0 bridgehead atoms. The summed E-state index contributed by atoms with van der Waals surface area (Å²) in [5.41, 5.74) is 2.16. The van der Waals surface area contributed by atoms with Crippen LogP contribution in [0.4, 0.5) is 11.4 Å². The smallest absolute Gasteiger partial charge is 0.272 e. The summed E-state index contributed by atoms with van der Waals surface area (Å²) in [4.78, 5) is 40.0. The van der Waals surface area contributed by atoms with Crippen LogP contribution in [-0.4, -0.2) is 37.2 Å². The lowest BCUT2D eigenvalue weighted by Gasteiger charge is -2.15. The number of rotatable bonds is 11. The van der Waals surface area contributed by atoms with Crippen molar-refractivity contribution in [3.8, 4) is 11.5 Å². The predicted molar refractivity (Wildman–Crippen MR) is 167 cm³/mol. The molecule has 0 aliphatic rings. The van der Waals surface area contributed by atoms with Crippen LogP contribution in [0.15, 0.2) is 114 Å². The Morgan fingerprint density at radius 3 is 2.14 bits per heavy atom. The maximum absolute atomic E-state index is 13.5. The Kier molecular flexibility index (Phi) is 10.4. The number of hydrogen-bond donors (Lipinski definition) is 3. The molecule has 1 atom stereocenters. The average Bonchev–Trinajstić information content (AvgIpc) is 3.01. The van der Waals surface area contributed by atoms with Gasteiger partial charge in [-0.25, -0.2) is 0 Å². The van der Waals surface area contributed by atoms with Gasteiger partial charge in [-0.3, -0.25) is 14.4 Å². The van der Waals surface area contributed by atoms with Gasteiger partial charge in [0.1, 0.15) is 17.2 Å². The van der Waals surface area contributed by atoms with Gasteiger partial charge in [0.2, 0.25) is 5.91 Å². The standard InChI is InChI=1S/C33H31N3O5S/c1-22(31(37)34-25-13-8-5-9-14-25)42-28-16-10-15-26(21-28)35-33(39)29(36-32(38)23-11-6-4-7-12-23)20-24-19-27(40-2)17-18-30(24)41-3/h4-22H,1-3H3,(H,34,37)(H,35,39)(H,36,38)/b29-20+. The third-order valence-corrected chi connectivity index (χ3v) is 7.17. The highest BCUT2D eigenvalue weighted by Gasteiger charge is 2.18. The van der Waals surface area contributed by atoms with Crippen molar-refractivity contribution in [2.45, 2.75) is 17.1 Å². The topological polar surface area (TPSA) is 106 Å². The summed E-state index contributed by atoms with van der Waals surface area (Å²) in [5.74, 6) is -0.0631. The molecule has 0 heterocycles. The average molecular weight is 582 g/mol. The van der Waals surface area contributed by atoms with Crippen molar-refractivity contribution in [2.24, 2.45) is 0 Å². The van der Waals surface area contributed by atoms with Gasteiger partial charge in [0, 0.05) is 27.4 Å². The van der Waals surface area contributed by atoms with Crippen molar-refractivity contribution in [1.82, 2.24) is 5.32 Å². The van der Waals surface area contributed by atoms with Gasteiger partial charge in [0.15, 0.2) is 0 Å². The normalized spacial score (nSPS) is 11.6. The van der Waals surface area contributed by atoms with E-state index in [0.717, 1.165) is 10.6 Å². The third kappa shape index (κ3) is 8.25. The second-order valence-corrected chi connectivity index (χ2v) is 10.5. The van der Waals surface area contributed by atoms with Gasteiger partial charge in [0.25, 0.3) is 11.8 Å². The lowest BCUT2D eigenvalue weighted by Crippen LogP contribution is -2.30. The molecule has 8 nitrogen and oxygen atoms in total. The summed E-state index contributed by atoms with van der Waals surface area (Å²) in [6, 6.07) is 30.2. The molecule has 0 aliphatic heterocycles. The predicted octanol–water partition coefficient (Wildman–Crippen LogP) is 6.23. The molecular weight excluding hydrogens is 550 g/mol. The van der Waals surface area contributed by atoms with Crippen LogP contribution in [0.1, 0.15) is 22.8 Å².